The van der Waals surface area contributed by atoms with E-state index in [9.17, 15) is 13.2 Å². The minimum absolute atomic E-state index is 0.0279. The standard InChI is InChI=1S/C19H15N5O3S2/c1-29(26,27)11-3-4-14-12(7-11)13-8-20-24-18(13)19(23-14)21-10-2-5-16-15(6-10)22-17(25)9-28-16/h2-8H,9H2,1H3,(H,20,24)(H,21,23)(H,22,25). The van der Waals surface area contributed by atoms with Gasteiger partial charge in [-0.1, -0.05) is 0 Å². The van der Waals surface area contributed by atoms with Gasteiger partial charge in [-0.2, -0.15) is 5.10 Å². The van der Waals surface area contributed by atoms with Crippen molar-refractivity contribution in [3.63, 3.8) is 0 Å². The molecule has 1 aliphatic heterocycles. The zero-order chi connectivity index (χ0) is 20.2. The molecule has 0 fully saturated rings. The highest BCUT2D eigenvalue weighted by Crippen LogP contribution is 2.35. The Balaban J connectivity index is 1.61. The number of hydrogen-bond donors (Lipinski definition) is 3. The summed E-state index contributed by atoms with van der Waals surface area (Å²) in [6.07, 6.45) is 2.90. The molecule has 3 N–H and O–H groups in total. The molecular weight excluding hydrogens is 410 g/mol. The number of aromatic nitrogens is 3. The van der Waals surface area contributed by atoms with Crippen LogP contribution in [0.15, 0.2) is 52.4 Å². The molecule has 0 saturated heterocycles. The Bertz CT molecular complexity index is 1410. The fraction of sp³-hybridized carbons (Fsp3) is 0.105. The lowest BCUT2D eigenvalue weighted by Gasteiger charge is -2.17. The van der Waals surface area contributed by atoms with Crippen LogP contribution in [0.25, 0.3) is 21.8 Å². The highest BCUT2D eigenvalue weighted by molar-refractivity contribution is 8.00. The molecule has 0 atom stereocenters. The van der Waals surface area contributed by atoms with Crippen LogP contribution in [-0.4, -0.2) is 41.5 Å². The Morgan fingerprint density at radius 3 is 2.83 bits per heavy atom. The third-order valence-corrected chi connectivity index (χ3v) is 6.84. The van der Waals surface area contributed by atoms with Crippen LogP contribution in [0.5, 0.6) is 0 Å². The fourth-order valence-corrected chi connectivity index (χ4v) is 4.73. The van der Waals surface area contributed by atoms with Gasteiger partial charge in [0.25, 0.3) is 0 Å². The maximum atomic E-state index is 11.9. The minimum atomic E-state index is -3.33. The normalized spacial score (nSPS) is 14.0. The number of nitrogens with zero attached hydrogens (tertiary/aromatic N) is 2. The number of fused-ring (bicyclic) bond motifs is 4. The van der Waals surface area contributed by atoms with Crippen LogP contribution in [0, 0.1) is 0 Å². The first-order chi connectivity index (χ1) is 13.9. The van der Waals surface area contributed by atoms with Gasteiger partial charge in [0.15, 0.2) is 15.7 Å². The van der Waals surface area contributed by atoms with Crippen LogP contribution in [0.2, 0.25) is 0 Å². The summed E-state index contributed by atoms with van der Waals surface area (Å²) in [5, 5.41) is 14.7. The zero-order valence-corrected chi connectivity index (χ0v) is 16.8. The molecule has 0 bridgehead atoms. The number of pyridine rings is 1. The van der Waals surface area contributed by atoms with Gasteiger partial charge in [0, 0.05) is 33.8 Å². The van der Waals surface area contributed by atoms with Gasteiger partial charge in [-0.25, -0.2) is 13.4 Å². The number of H-pyrrole nitrogens is 1. The van der Waals surface area contributed by atoms with Crippen LogP contribution in [0.1, 0.15) is 0 Å². The average Bonchev–Trinajstić information content (AvgIpc) is 3.17. The first-order valence-electron chi connectivity index (χ1n) is 8.69. The number of aromatic amines is 1. The highest BCUT2D eigenvalue weighted by atomic mass is 32.2. The molecule has 0 radical (unpaired) electrons. The number of carbonyl (C=O) groups is 1. The van der Waals surface area contributed by atoms with Gasteiger partial charge in [0.2, 0.25) is 5.91 Å². The fourth-order valence-electron chi connectivity index (χ4n) is 3.29. The molecule has 3 heterocycles. The van der Waals surface area contributed by atoms with Crippen LogP contribution < -0.4 is 10.6 Å². The summed E-state index contributed by atoms with van der Waals surface area (Å²) in [6.45, 7) is 0. The molecule has 4 aromatic rings. The molecule has 0 saturated carbocycles. The molecule has 0 spiro atoms. The summed E-state index contributed by atoms with van der Waals surface area (Å²) in [7, 11) is -3.33. The van der Waals surface area contributed by atoms with E-state index in [0.717, 1.165) is 21.7 Å². The lowest BCUT2D eigenvalue weighted by atomic mass is 10.1. The second kappa shape index (κ2) is 6.46. The topological polar surface area (TPSA) is 117 Å². The first kappa shape index (κ1) is 18.0. The molecule has 146 valence electrons. The molecule has 0 aliphatic carbocycles. The summed E-state index contributed by atoms with van der Waals surface area (Å²) >= 11 is 1.50. The van der Waals surface area contributed by atoms with Gasteiger partial charge in [0.1, 0.15) is 5.52 Å². The van der Waals surface area contributed by atoms with E-state index in [0.29, 0.717) is 28.0 Å². The second-order valence-corrected chi connectivity index (χ2v) is 9.76. The van der Waals surface area contributed by atoms with Crippen molar-refractivity contribution in [1.82, 2.24) is 15.2 Å². The largest absolute Gasteiger partial charge is 0.338 e. The number of carbonyl (C=O) groups excluding carboxylic acids is 1. The van der Waals surface area contributed by atoms with Crippen molar-refractivity contribution < 1.29 is 13.2 Å². The number of rotatable bonds is 3. The second-order valence-electron chi connectivity index (χ2n) is 6.73. The molecular formula is C19H15N5O3S2. The van der Waals surface area contributed by atoms with Gasteiger partial charge >= 0.3 is 0 Å². The maximum Gasteiger partial charge on any atom is 0.234 e. The van der Waals surface area contributed by atoms with Gasteiger partial charge in [-0.05, 0) is 36.4 Å². The molecule has 29 heavy (non-hydrogen) atoms. The number of sulfone groups is 1. The molecule has 2 aromatic carbocycles. The van der Waals surface area contributed by atoms with E-state index in [1.54, 1.807) is 24.4 Å². The first-order valence-corrected chi connectivity index (χ1v) is 11.6. The van der Waals surface area contributed by atoms with Crippen molar-refractivity contribution in [1.29, 1.82) is 0 Å². The van der Waals surface area contributed by atoms with Crippen molar-refractivity contribution in [3.05, 3.63) is 42.6 Å². The van der Waals surface area contributed by atoms with Crippen LogP contribution in [-0.2, 0) is 14.6 Å². The van der Waals surface area contributed by atoms with E-state index in [1.807, 2.05) is 18.2 Å². The number of nitrogens with one attached hydrogen (secondary N) is 3. The van der Waals surface area contributed by atoms with Crippen molar-refractivity contribution in [3.8, 4) is 0 Å². The average molecular weight is 425 g/mol. The van der Waals surface area contributed by atoms with Gasteiger partial charge in [-0.15, -0.1) is 11.8 Å². The molecule has 8 nitrogen and oxygen atoms in total. The Labute approximate surface area is 170 Å². The van der Waals surface area contributed by atoms with Crippen LogP contribution in [0.4, 0.5) is 17.2 Å². The van der Waals surface area contributed by atoms with Crippen LogP contribution in [0.3, 0.4) is 0 Å². The molecule has 10 heteroatoms. The molecule has 5 rings (SSSR count). The zero-order valence-electron chi connectivity index (χ0n) is 15.2. The Morgan fingerprint density at radius 1 is 1.14 bits per heavy atom. The van der Waals surface area contributed by atoms with Crippen LogP contribution >= 0.6 is 11.8 Å². The Kier molecular flexibility index (Phi) is 4.00. The van der Waals surface area contributed by atoms with E-state index in [-0.39, 0.29) is 10.8 Å². The lowest BCUT2D eigenvalue weighted by molar-refractivity contribution is -0.113. The SMILES string of the molecule is CS(=O)(=O)c1ccc2nc(Nc3ccc4c(c3)NC(=O)CS4)c3n[nH]cc3c2c1. The summed E-state index contributed by atoms with van der Waals surface area (Å²) in [5.74, 6) is 0.922. The van der Waals surface area contributed by atoms with E-state index in [4.69, 9.17) is 0 Å². The van der Waals surface area contributed by atoms with Gasteiger partial charge < -0.3 is 10.6 Å². The van der Waals surface area contributed by atoms with E-state index >= 15 is 0 Å². The van der Waals surface area contributed by atoms with Gasteiger partial charge in [-0.3, -0.25) is 9.89 Å². The van der Waals surface area contributed by atoms with E-state index in [1.165, 1.54) is 18.0 Å². The summed E-state index contributed by atoms with van der Waals surface area (Å²) in [5.41, 5.74) is 2.76. The summed E-state index contributed by atoms with van der Waals surface area (Å²) < 4.78 is 23.8. The van der Waals surface area contributed by atoms with Crippen molar-refractivity contribution >= 4 is 66.5 Å². The van der Waals surface area contributed by atoms with E-state index in [2.05, 4.69) is 25.8 Å². The molecule has 2 aromatic heterocycles. The Hall–Kier alpha value is -3.11. The monoisotopic (exact) mass is 425 g/mol. The van der Waals surface area contributed by atoms with Crippen molar-refractivity contribution in [2.45, 2.75) is 9.79 Å². The maximum absolute atomic E-state index is 11.9. The molecule has 0 unspecified atom stereocenters. The number of anilines is 3. The smallest absolute Gasteiger partial charge is 0.234 e. The predicted octanol–water partition coefficient (Wildman–Crippen LogP) is 3.30. The van der Waals surface area contributed by atoms with E-state index < -0.39 is 9.84 Å². The third kappa shape index (κ3) is 3.19. The predicted molar refractivity (Wildman–Crippen MR) is 114 cm³/mol. The quantitative estimate of drug-likeness (QED) is 0.461. The van der Waals surface area contributed by atoms with Gasteiger partial charge in [0.05, 0.1) is 21.9 Å². The number of amides is 1. The minimum Gasteiger partial charge on any atom is -0.338 e. The molecule has 1 amide bonds. The lowest BCUT2D eigenvalue weighted by Crippen LogP contribution is -2.18. The summed E-state index contributed by atoms with van der Waals surface area (Å²) in [4.78, 5) is 17.5. The highest BCUT2D eigenvalue weighted by Gasteiger charge is 2.17. The van der Waals surface area contributed by atoms with Crippen molar-refractivity contribution in [2.24, 2.45) is 0 Å². The number of thioether (sulfide) groups is 1. The Morgan fingerprint density at radius 2 is 2.00 bits per heavy atom. The van der Waals surface area contributed by atoms with Crippen molar-refractivity contribution in [2.75, 3.05) is 22.6 Å². The number of benzene rings is 2. The number of hydrogen-bond acceptors (Lipinski definition) is 7. The molecule has 1 aliphatic rings. The summed E-state index contributed by atoms with van der Waals surface area (Å²) in [6, 6.07) is 10.6. The third-order valence-electron chi connectivity index (χ3n) is 4.66.